The van der Waals surface area contributed by atoms with E-state index in [1.54, 1.807) is 76.2 Å². The number of carbonyl (C=O) groups excluding carboxylic acids is 9. The third kappa shape index (κ3) is 13.1. The summed E-state index contributed by atoms with van der Waals surface area (Å²) in [7, 11) is 0. The average molecular weight is 1180 g/mol. The lowest BCUT2D eigenvalue weighted by molar-refractivity contribution is -0.346. The first kappa shape index (κ1) is 64.0. The third-order valence-electron chi connectivity index (χ3n) is 18.7. The van der Waals surface area contributed by atoms with Crippen molar-refractivity contribution in [3.8, 4) is 0 Å². The number of hydrogen-bond donors (Lipinski definition) is 4. The molecule has 2 aromatic rings. The summed E-state index contributed by atoms with van der Waals surface area (Å²) in [5, 5.41) is 29.7. The molecule has 0 spiro atoms. The number of benzene rings is 2. The van der Waals surface area contributed by atoms with Gasteiger partial charge in [0.1, 0.15) is 42.1 Å². The molecule has 6 aliphatic rings. The van der Waals surface area contributed by atoms with Crippen LogP contribution in [0.15, 0.2) is 71.8 Å². The Morgan fingerprint density at radius 1 is 0.776 bits per heavy atom. The zero-order valence-electron chi connectivity index (χ0n) is 50.2. The van der Waals surface area contributed by atoms with E-state index in [4.69, 9.17) is 33.2 Å². The number of ether oxygens (including phenoxy) is 7. The van der Waals surface area contributed by atoms with E-state index >= 15 is 9.59 Å². The smallest absolute Gasteiger partial charge is 0.350 e. The van der Waals surface area contributed by atoms with Crippen LogP contribution >= 0.6 is 0 Å². The van der Waals surface area contributed by atoms with Gasteiger partial charge >= 0.3 is 41.8 Å². The van der Waals surface area contributed by atoms with Crippen LogP contribution < -0.4 is 10.6 Å². The van der Waals surface area contributed by atoms with Crippen LogP contribution in [-0.4, -0.2) is 130 Å². The second-order valence-electron chi connectivity index (χ2n) is 25.8. The Bertz CT molecular complexity index is 2940. The number of hydrogen-bond acceptors (Lipinski definition) is 18. The number of ketones is 1. The zero-order valence-corrected chi connectivity index (χ0v) is 50.2. The van der Waals surface area contributed by atoms with Gasteiger partial charge in [0.25, 0.3) is 0 Å². The van der Waals surface area contributed by atoms with Crippen molar-refractivity contribution < 1.29 is 91.3 Å². The van der Waals surface area contributed by atoms with Crippen LogP contribution in [0.4, 0.5) is 0 Å². The molecule has 1 saturated heterocycles. The molecule has 3 unspecified atom stereocenters. The lowest BCUT2D eigenvalue weighted by Gasteiger charge is -2.67. The molecule has 0 radical (unpaired) electrons. The largest absolute Gasteiger partial charge is 0.481 e. The number of carbonyl (C=O) groups is 10. The van der Waals surface area contributed by atoms with Gasteiger partial charge in [0.2, 0.25) is 17.9 Å². The van der Waals surface area contributed by atoms with Gasteiger partial charge in [-0.25, -0.2) is 9.59 Å². The van der Waals surface area contributed by atoms with E-state index in [0.29, 0.717) is 11.8 Å². The van der Waals surface area contributed by atoms with Gasteiger partial charge in [-0.2, -0.15) is 0 Å². The van der Waals surface area contributed by atoms with E-state index in [1.807, 2.05) is 0 Å². The van der Waals surface area contributed by atoms with Gasteiger partial charge in [-0.1, -0.05) is 96.5 Å². The fourth-order valence-corrected chi connectivity index (χ4v) is 14.6. The molecule has 21 nitrogen and oxygen atoms in total. The summed E-state index contributed by atoms with van der Waals surface area (Å²) in [5.74, 6) is -10.4. The lowest BCUT2D eigenvalue weighted by Crippen LogP contribution is -2.82. The van der Waals surface area contributed by atoms with Crippen LogP contribution in [-0.2, 0) is 76.3 Å². The van der Waals surface area contributed by atoms with Gasteiger partial charge in [-0.05, 0) is 98.0 Å². The maximum atomic E-state index is 16.4. The van der Waals surface area contributed by atoms with Crippen molar-refractivity contribution in [3.63, 3.8) is 0 Å². The topological polar surface area (TPSA) is 300 Å². The highest BCUT2D eigenvalue weighted by molar-refractivity contribution is 5.96. The van der Waals surface area contributed by atoms with Crippen molar-refractivity contribution >= 4 is 59.4 Å². The van der Waals surface area contributed by atoms with Crippen LogP contribution in [0, 0.1) is 46.3 Å². The molecule has 0 aromatic heterocycles. The fourth-order valence-electron chi connectivity index (χ4n) is 14.6. The molecule has 1 heterocycles. The number of Topliss-reactive ketones (excluding diaryl/α,β-unsaturated/α-hetero) is 1. The highest BCUT2D eigenvalue weighted by Crippen LogP contribution is 2.65. The Balaban J connectivity index is 1.27. The monoisotopic (exact) mass is 1180 g/mol. The van der Waals surface area contributed by atoms with E-state index in [-0.39, 0.29) is 72.1 Å². The normalized spacial score (nSPS) is 30.8. The second kappa shape index (κ2) is 25.5. The van der Waals surface area contributed by atoms with E-state index in [1.165, 1.54) is 39.8 Å². The highest BCUT2D eigenvalue weighted by Gasteiger charge is 2.79. The number of fused-ring (bicyclic) bond motifs is 7. The van der Waals surface area contributed by atoms with Crippen molar-refractivity contribution in [2.24, 2.45) is 46.3 Å². The molecule has 21 heteroatoms. The number of rotatable bonds is 22. The maximum Gasteiger partial charge on any atom is 0.350 e. The Morgan fingerprint density at radius 3 is 1.99 bits per heavy atom. The molecule has 15 atom stereocenters. The van der Waals surface area contributed by atoms with Crippen molar-refractivity contribution in [1.29, 1.82) is 0 Å². The van der Waals surface area contributed by atoms with Gasteiger partial charge in [-0.3, -0.25) is 38.4 Å². The molecular weight excluding hydrogens is 1100 g/mol. The molecule has 8 rings (SSSR count). The van der Waals surface area contributed by atoms with Crippen molar-refractivity contribution in [2.75, 3.05) is 6.61 Å². The van der Waals surface area contributed by atoms with E-state index in [9.17, 15) is 48.6 Å². The SMILES string of the molecule is CC(=O)O[C@H]1C(=O)[C@]2(C)[C@@H](OC(=O)CC(C)C)C[C@H]3OC[C@@]3(OC(C)=O)[C@H]2[C@H](OC(=O)c2ccccc2)[C@]2(O)C[C@H](OC(=O)[C@H](OC(=O)CC(C)C)[C@@H](NC(=O)[C@@H](CCC(=O)O)NC(=O)CC3CC4CCC3C4)c3ccccc3)C(C)=C1C2(C)C. The summed E-state index contributed by atoms with van der Waals surface area (Å²) in [4.78, 5) is 142. The van der Waals surface area contributed by atoms with Gasteiger partial charge < -0.3 is 54.0 Å². The Hall–Kier alpha value is -7.00. The molecule has 4 saturated carbocycles. The minimum absolute atomic E-state index is 0.00614. The average Bonchev–Trinajstić information content (AvgIpc) is 1.08. The molecule has 5 fully saturated rings. The van der Waals surface area contributed by atoms with Crippen LogP contribution in [0.5, 0.6) is 0 Å². The number of amides is 2. The summed E-state index contributed by atoms with van der Waals surface area (Å²) in [6.07, 6.45) is -8.21. The molecule has 1 aliphatic heterocycles. The predicted octanol–water partition coefficient (Wildman–Crippen LogP) is 6.79. The first-order valence-electron chi connectivity index (χ1n) is 29.7. The van der Waals surface area contributed by atoms with E-state index in [2.05, 4.69) is 10.6 Å². The molecule has 85 heavy (non-hydrogen) atoms. The Kier molecular flexibility index (Phi) is 19.2. The van der Waals surface area contributed by atoms with Crippen molar-refractivity contribution in [2.45, 2.75) is 200 Å². The fraction of sp³-hybridized carbons (Fsp3) is 0.625. The molecule has 4 bridgehead atoms. The summed E-state index contributed by atoms with van der Waals surface area (Å²) in [6.45, 7) is 14.8. The molecule has 5 aliphatic carbocycles. The number of aliphatic carboxylic acids is 1. The summed E-state index contributed by atoms with van der Waals surface area (Å²) in [5.41, 5.74) is -8.25. The zero-order chi connectivity index (χ0) is 62.1. The second-order valence-corrected chi connectivity index (χ2v) is 25.8. The summed E-state index contributed by atoms with van der Waals surface area (Å²) in [6, 6.07) is 12.7. The van der Waals surface area contributed by atoms with Crippen molar-refractivity contribution in [3.05, 3.63) is 82.9 Å². The maximum absolute atomic E-state index is 16.4. The van der Waals surface area contributed by atoms with Crippen LogP contribution in [0.3, 0.4) is 0 Å². The van der Waals surface area contributed by atoms with Crippen LogP contribution in [0.25, 0.3) is 0 Å². The van der Waals surface area contributed by atoms with Gasteiger partial charge in [0.05, 0.1) is 23.5 Å². The first-order valence-corrected chi connectivity index (χ1v) is 29.7. The van der Waals surface area contributed by atoms with E-state index in [0.717, 1.165) is 39.5 Å². The molecular formula is C64H82N2O19. The molecule has 2 aromatic carbocycles. The Labute approximate surface area is 495 Å². The minimum Gasteiger partial charge on any atom is -0.481 e. The minimum atomic E-state index is -2.57. The standard InChI is InChI=1S/C64H82N2O19/c1-33(2)25-49(72)82-45-30-46-63(32-79-46,85-37(7)68)55-57(84-59(76)40-19-15-12-16-20-40)64(78)31-44(35(5)51(61(64,8)9)53(80-36(6)67)56(74)62(45,55)10)81-60(77)54(83-50(73)26-34(3)4)52(39-17-13-11-14-18-39)66-58(75)43(23-24-48(70)71)65-47(69)29-42-28-38-21-22-41(42)27-38/h11-20,33-34,38,41-46,52-55,57,78H,21-32H2,1-10H3,(H,65,69)(H,66,75)(H,70,71)/t38?,41?,42?,43-,44+,45+,46-,52+,53-,54-,55+,57+,62-,63+,64-/m1/s1. The Morgan fingerprint density at radius 2 is 1.42 bits per heavy atom. The van der Waals surface area contributed by atoms with Crippen LogP contribution in [0.1, 0.15) is 162 Å². The number of aliphatic hydroxyl groups is 1. The highest BCUT2D eigenvalue weighted by atomic mass is 16.6. The number of carboxylic acids is 1. The number of carboxylic acid groups (broad SMARTS) is 1. The van der Waals surface area contributed by atoms with E-state index < -0.39 is 155 Å². The number of esters is 6. The third-order valence-corrected chi connectivity index (χ3v) is 18.7. The number of nitrogens with one attached hydrogen (secondary N) is 2. The first-order chi connectivity index (χ1) is 40.0. The molecule has 2 amide bonds. The van der Waals surface area contributed by atoms with Gasteiger partial charge in [0, 0.05) is 57.8 Å². The van der Waals surface area contributed by atoms with Gasteiger partial charge in [-0.15, -0.1) is 0 Å². The lowest BCUT2D eigenvalue weighted by atomic mass is 9.44. The summed E-state index contributed by atoms with van der Waals surface area (Å²) < 4.78 is 43.9. The quantitative estimate of drug-likeness (QED) is 0.0536. The molecule has 4 N–H and O–H groups in total. The predicted molar refractivity (Wildman–Crippen MR) is 301 cm³/mol. The summed E-state index contributed by atoms with van der Waals surface area (Å²) >= 11 is 0. The molecule has 462 valence electrons. The van der Waals surface area contributed by atoms with Crippen LogP contribution in [0.2, 0.25) is 0 Å². The van der Waals surface area contributed by atoms with Crippen molar-refractivity contribution in [1.82, 2.24) is 10.6 Å². The van der Waals surface area contributed by atoms with Gasteiger partial charge in [0.15, 0.2) is 17.5 Å².